The van der Waals surface area contributed by atoms with Crippen molar-refractivity contribution in [3.8, 4) is 5.75 Å². The van der Waals surface area contributed by atoms with Crippen molar-refractivity contribution in [3.05, 3.63) is 69.0 Å². The molecule has 0 saturated carbocycles. The Balaban J connectivity index is 1.73. The maximum Gasteiger partial charge on any atom is 0.350 e. The first-order valence-electron chi connectivity index (χ1n) is 7.14. The van der Waals surface area contributed by atoms with Crippen molar-refractivity contribution < 1.29 is 18.8 Å². The Kier molecular flexibility index (Phi) is 4.25. The van der Waals surface area contributed by atoms with Gasteiger partial charge in [0.15, 0.2) is 5.65 Å². The van der Waals surface area contributed by atoms with Gasteiger partial charge < -0.3 is 4.74 Å². The molecule has 128 valence electrons. The molecule has 25 heavy (non-hydrogen) atoms. The number of halogens is 1. The molecule has 0 amide bonds. The number of hydrogen-bond acceptors (Lipinski definition) is 6. The number of aryl methyl sites for hydroxylation is 1. The van der Waals surface area contributed by atoms with Crippen LogP contribution in [0.1, 0.15) is 6.42 Å². The van der Waals surface area contributed by atoms with E-state index < -0.39 is 33.8 Å². The number of rotatable bonds is 5. The lowest BCUT2D eigenvalue weighted by Crippen LogP contribution is -2.23. The van der Waals surface area contributed by atoms with Gasteiger partial charge in [-0.2, -0.15) is 0 Å². The fourth-order valence-corrected chi connectivity index (χ4v) is 2.21. The quantitative estimate of drug-likeness (QED) is 0.300. The van der Waals surface area contributed by atoms with Crippen molar-refractivity contribution in [2.75, 3.05) is 0 Å². The Hall–Kier alpha value is -3.56. The van der Waals surface area contributed by atoms with Crippen LogP contribution in [-0.2, 0) is 11.3 Å². The van der Waals surface area contributed by atoms with E-state index in [9.17, 15) is 24.1 Å². The second kappa shape index (κ2) is 6.51. The number of nitro benzene ring substituents is 1. The normalized spacial score (nSPS) is 10.8. The zero-order valence-corrected chi connectivity index (χ0v) is 12.7. The number of ether oxygens (including phenoxy) is 1. The first-order chi connectivity index (χ1) is 12.0. The van der Waals surface area contributed by atoms with E-state index in [2.05, 4.69) is 5.10 Å². The first kappa shape index (κ1) is 16.3. The van der Waals surface area contributed by atoms with Gasteiger partial charge in [-0.1, -0.05) is 6.07 Å². The van der Waals surface area contributed by atoms with E-state index in [0.29, 0.717) is 5.65 Å². The second-order valence-corrected chi connectivity index (χ2v) is 5.03. The molecule has 10 heteroatoms. The zero-order chi connectivity index (χ0) is 18.0. The molecule has 2 aromatic heterocycles. The summed E-state index contributed by atoms with van der Waals surface area (Å²) >= 11 is 0. The van der Waals surface area contributed by atoms with Crippen molar-refractivity contribution in [2.24, 2.45) is 0 Å². The number of nitro groups is 1. The Morgan fingerprint density at radius 3 is 2.84 bits per heavy atom. The summed E-state index contributed by atoms with van der Waals surface area (Å²) in [5.41, 5.74) is -0.540. The second-order valence-electron chi connectivity index (χ2n) is 5.03. The Bertz CT molecular complexity index is 1030. The van der Waals surface area contributed by atoms with Crippen LogP contribution in [0.2, 0.25) is 0 Å². The molecule has 3 aromatic rings. The van der Waals surface area contributed by atoms with Crippen molar-refractivity contribution in [2.45, 2.75) is 13.0 Å². The van der Waals surface area contributed by atoms with Gasteiger partial charge in [-0.3, -0.25) is 19.3 Å². The van der Waals surface area contributed by atoms with Gasteiger partial charge in [-0.15, -0.1) is 5.10 Å². The fraction of sp³-hybridized carbons (Fsp3) is 0.133. The Morgan fingerprint density at radius 2 is 2.12 bits per heavy atom. The van der Waals surface area contributed by atoms with Gasteiger partial charge in [0.1, 0.15) is 5.82 Å². The van der Waals surface area contributed by atoms with Gasteiger partial charge in [-0.05, 0) is 18.2 Å². The topological polar surface area (TPSA) is 109 Å². The van der Waals surface area contributed by atoms with E-state index in [0.717, 1.165) is 22.9 Å². The summed E-state index contributed by atoms with van der Waals surface area (Å²) in [6.45, 7) is -0.0809. The maximum atomic E-state index is 13.2. The van der Waals surface area contributed by atoms with Crippen LogP contribution < -0.4 is 10.4 Å². The number of hydrogen-bond donors (Lipinski definition) is 0. The average Bonchev–Trinajstić information content (AvgIpc) is 2.89. The van der Waals surface area contributed by atoms with Gasteiger partial charge in [-0.25, -0.2) is 13.9 Å². The predicted octanol–water partition coefficient (Wildman–Crippen LogP) is 1.54. The number of carbonyl (C=O) groups is 1. The molecule has 0 spiro atoms. The predicted molar refractivity (Wildman–Crippen MR) is 82.8 cm³/mol. The third kappa shape index (κ3) is 3.37. The molecule has 2 heterocycles. The van der Waals surface area contributed by atoms with Crippen LogP contribution in [-0.4, -0.2) is 25.1 Å². The van der Waals surface area contributed by atoms with E-state index in [-0.39, 0.29) is 13.0 Å². The Morgan fingerprint density at radius 1 is 1.32 bits per heavy atom. The van der Waals surface area contributed by atoms with Crippen molar-refractivity contribution in [3.63, 3.8) is 0 Å². The highest BCUT2D eigenvalue weighted by molar-refractivity contribution is 5.73. The lowest BCUT2D eigenvalue weighted by Gasteiger charge is -2.05. The first-order valence-corrected chi connectivity index (χ1v) is 7.14. The van der Waals surface area contributed by atoms with Gasteiger partial charge in [0.2, 0.25) is 5.75 Å². The Labute approximate surface area is 139 Å². The molecule has 0 aliphatic heterocycles. The maximum absolute atomic E-state index is 13.2. The van der Waals surface area contributed by atoms with Gasteiger partial charge in [0.05, 0.1) is 17.9 Å². The molecule has 0 bridgehead atoms. The summed E-state index contributed by atoms with van der Waals surface area (Å²) in [5, 5.41) is 14.9. The minimum absolute atomic E-state index is 0.0809. The number of carbonyl (C=O) groups excluding carboxylic acids is 1. The molecule has 9 nitrogen and oxygen atoms in total. The lowest BCUT2D eigenvalue weighted by molar-refractivity contribution is -0.385. The van der Waals surface area contributed by atoms with E-state index in [1.807, 2.05) is 0 Å². The summed E-state index contributed by atoms with van der Waals surface area (Å²) in [6, 6.07) is 7.57. The van der Waals surface area contributed by atoms with E-state index in [1.165, 1.54) is 10.6 Å². The standard InChI is InChI=1S/C15H11FN4O5/c16-10-4-5-11(20(23)24)12(9-10)25-14(21)6-8-19-15(22)18-7-2-1-3-13(18)17-19/h1-5,7,9H,6,8H2. The summed E-state index contributed by atoms with van der Waals surface area (Å²) < 4.78 is 20.5. The summed E-state index contributed by atoms with van der Waals surface area (Å²) in [7, 11) is 0. The molecule has 3 rings (SSSR count). The van der Waals surface area contributed by atoms with Gasteiger partial charge >= 0.3 is 17.3 Å². The average molecular weight is 346 g/mol. The molecular formula is C15H11FN4O5. The molecule has 0 unspecified atom stereocenters. The molecule has 0 saturated heterocycles. The lowest BCUT2D eigenvalue weighted by atomic mass is 10.3. The minimum atomic E-state index is -0.849. The third-order valence-corrected chi connectivity index (χ3v) is 3.36. The summed E-state index contributed by atoms with van der Waals surface area (Å²) in [5.74, 6) is -2.11. The number of esters is 1. The molecule has 0 radical (unpaired) electrons. The number of benzene rings is 1. The summed E-state index contributed by atoms with van der Waals surface area (Å²) in [4.78, 5) is 34.0. The minimum Gasteiger partial charge on any atom is -0.419 e. The molecular weight excluding hydrogens is 335 g/mol. The molecule has 1 aromatic carbocycles. The number of aromatic nitrogens is 3. The molecule has 0 N–H and O–H groups in total. The fourth-order valence-electron chi connectivity index (χ4n) is 2.21. The van der Waals surface area contributed by atoms with Crippen LogP contribution in [0.5, 0.6) is 5.75 Å². The number of pyridine rings is 1. The molecule has 0 aliphatic rings. The largest absolute Gasteiger partial charge is 0.419 e. The number of fused-ring (bicyclic) bond motifs is 1. The van der Waals surface area contributed by atoms with Gasteiger partial charge in [0.25, 0.3) is 0 Å². The van der Waals surface area contributed by atoms with Crippen LogP contribution in [0.3, 0.4) is 0 Å². The van der Waals surface area contributed by atoms with Crippen molar-refractivity contribution >= 4 is 17.3 Å². The summed E-state index contributed by atoms with van der Waals surface area (Å²) in [6.07, 6.45) is 1.27. The van der Waals surface area contributed by atoms with Crippen LogP contribution >= 0.6 is 0 Å². The van der Waals surface area contributed by atoms with E-state index >= 15 is 0 Å². The van der Waals surface area contributed by atoms with Gasteiger partial charge in [0, 0.05) is 18.3 Å². The number of nitrogens with zero attached hydrogens (tertiary/aromatic N) is 4. The smallest absolute Gasteiger partial charge is 0.350 e. The van der Waals surface area contributed by atoms with Crippen LogP contribution in [0, 0.1) is 15.9 Å². The van der Waals surface area contributed by atoms with E-state index in [4.69, 9.17) is 4.74 Å². The highest BCUT2D eigenvalue weighted by Gasteiger charge is 2.19. The highest BCUT2D eigenvalue weighted by Crippen LogP contribution is 2.27. The third-order valence-electron chi connectivity index (χ3n) is 3.36. The van der Waals surface area contributed by atoms with Crippen LogP contribution in [0.4, 0.5) is 10.1 Å². The molecule has 0 atom stereocenters. The van der Waals surface area contributed by atoms with Crippen molar-refractivity contribution in [1.82, 2.24) is 14.2 Å². The SMILES string of the molecule is O=C(CCn1nc2ccccn2c1=O)Oc1cc(F)ccc1[N+](=O)[O-]. The molecule has 0 aliphatic carbocycles. The highest BCUT2D eigenvalue weighted by atomic mass is 19.1. The zero-order valence-electron chi connectivity index (χ0n) is 12.7. The van der Waals surface area contributed by atoms with E-state index in [1.54, 1.807) is 18.2 Å². The van der Waals surface area contributed by atoms with Crippen LogP contribution in [0.25, 0.3) is 5.65 Å². The monoisotopic (exact) mass is 346 g/mol. The van der Waals surface area contributed by atoms with Crippen molar-refractivity contribution in [1.29, 1.82) is 0 Å². The van der Waals surface area contributed by atoms with Crippen LogP contribution in [0.15, 0.2) is 47.4 Å². The molecule has 0 fully saturated rings.